The standard InChI is InChI=1S/C9H15N3/c1-4-7(5-2)8(6-3)12-9(10)11/h4-5H,1-2,6H2,3H3,(H4,10,11,12). The van der Waals surface area contributed by atoms with Crippen molar-refractivity contribution in [3.05, 3.63) is 36.6 Å². The first-order valence-corrected chi connectivity index (χ1v) is 3.73. The summed E-state index contributed by atoms with van der Waals surface area (Å²) < 4.78 is 0. The monoisotopic (exact) mass is 165 g/mol. The van der Waals surface area contributed by atoms with Crippen LogP contribution in [-0.2, 0) is 0 Å². The maximum absolute atomic E-state index is 5.24. The second-order valence-electron chi connectivity index (χ2n) is 2.20. The van der Waals surface area contributed by atoms with Crippen LogP contribution < -0.4 is 11.5 Å². The summed E-state index contributed by atoms with van der Waals surface area (Å²) in [7, 11) is 0. The number of nitrogens with two attached hydrogens (primary N) is 2. The van der Waals surface area contributed by atoms with Crippen LogP contribution in [0.5, 0.6) is 0 Å². The number of rotatable bonds is 4. The van der Waals surface area contributed by atoms with E-state index in [1.54, 1.807) is 12.2 Å². The minimum Gasteiger partial charge on any atom is -0.370 e. The lowest BCUT2D eigenvalue weighted by molar-refractivity contribution is 1.05. The molecule has 0 aliphatic rings. The van der Waals surface area contributed by atoms with Crippen molar-refractivity contribution in [2.45, 2.75) is 13.3 Å². The van der Waals surface area contributed by atoms with Gasteiger partial charge in [-0.2, -0.15) is 0 Å². The molecule has 4 N–H and O–H groups in total. The van der Waals surface area contributed by atoms with Gasteiger partial charge in [-0.3, -0.25) is 0 Å². The van der Waals surface area contributed by atoms with Crippen molar-refractivity contribution in [3.8, 4) is 0 Å². The predicted molar refractivity (Wildman–Crippen MR) is 53.5 cm³/mol. The normalized spacial score (nSPS) is 8.42. The van der Waals surface area contributed by atoms with Crippen LogP contribution in [0.4, 0.5) is 0 Å². The lowest BCUT2D eigenvalue weighted by Gasteiger charge is -2.01. The maximum atomic E-state index is 5.24. The van der Waals surface area contributed by atoms with Crippen LogP contribution in [0.2, 0.25) is 0 Å². The molecule has 0 atom stereocenters. The Bertz CT molecular complexity index is 222. The van der Waals surface area contributed by atoms with E-state index in [2.05, 4.69) is 18.2 Å². The first-order valence-electron chi connectivity index (χ1n) is 3.73. The van der Waals surface area contributed by atoms with Crippen LogP contribution >= 0.6 is 0 Å². The van der Waals surface area contributed by atoms with Crippen molar-refractivity contribution in [2.75, 3.05) is 0 Å². The summed E-state index contributed by atoms with van der Waals surface area (Å²) in [5.74, 6) is 0.0630. The fourth-order valence-electron chi connectivity index (χ4n) is 0.823. The van der Waals surface area contributed by atoms with Crippen LogP contribution in [0.25, 0.3) is 0 Å². The van der Waals surface area contributed by atoms with E-state index in [4.69, 9.17) is 11.5 Å². The second kappa shape index (κ2) is 5.18. The van der Waals surface area contributed by atoms with Gasteiger partial charge in [-0.15, -0.1) is 0 Å². The van der Waals surface area contributed by atoms with E-state index in [9.17, 15) is 0 Å². The molecule has 0 bridgehead atoms. The topological polar surface area (TPSA) is 64.4 Å². The van der Waals surface area contributed by atoms with Crippen LogP contribution in [-0.4, -0.2) is 5.96 Å². The van der Waals surface area contributed by atoms with Gasteiger partial charge in [0, 0.05) is 0 Å². The smallest absolute Gasteiger partial charge is 0.190 e. The molecule has 0 amide bonds. The molecule has 0 aromatic rings. The summed E-state index contributed by atoms with van der Waals surface area (Å²) in [6, 6.07) is 0. The van der Waals surface area contributed by atoms with Crippen molar-refractivity contribution in [1.82, 2.24) is 0 Å². The molecule has 12 heavy (non-hydrogen) atoms. The molecule has 0 radical (unpaired) electrons. The summed E-state index contributed by atoms with van der Waals surface area (Å²) >= 11 is 0. The largest absolute Gasteiger partial charge is 0.370 e. The molecule has 0 heterocycles. The third-order valence-corrected chi connectivity index (χ3v) is 1.37. The number of aliphatic imine (C=N–C) groups is 1. The highest BCUT2D eigenvalue weighted by atomic mass is 15.0. The summed E-state index contributed by atoms with van der Waals surface area (Å²) in [6.07, 6.45) is 4.11. The fraction of sp³-hybridized carbons (Fsp3) is 0.222. The molecule has 0 aromatic carbocycles. The molecule has 0 spiro atoms. The highest BCUT2D eigenvalue weighted by Gasteiger charge is 1.96. The van der Waals surface area contributed by atoms with Crippen LogP contribution in [0.3, 0.4) is 0 Å². The highest BCUT2D eigenvalue weighted by Crippen LogP contribution is 2.11. The zero-order valence-corrected chi connectivity index (χ0v) is 7.38. The minimum atomic E-state index is 0.0630. The SMILES string of the molecule is C=CC(C=C)=C(CC)N=C(N)N. The molecule has 0 rings (SSSR count). The van der Waals surface area contributed by atoms with E-state index in [1.165, 1.54) is 0 Å². The Hall–Kier alpha value is -1.51. The van der Waals surface area contributed by atoms with Crippen LogP contribution in [0, 0.1) is 0 Å². The zero-order valence-electron chi connectivity index (χ0n) is 7.38. The van der Waals surface area contributed by atoms with Gasteiger partial charge in [0.1, 0.15) is 0 Å². The van der Waals surface area contributed by atoms with Gasteiger partial charge in [-0.05, 0) is 12.0 Å². The lowest BCUT2D eigenvalue weighted by Crippen LogP contribution is -2.22. The molecule has 0 unspecified atom stereocenters. The Balaban J connectivity index is 4.95. The molecule has 66 valence electrons. The third kappa shape index (κ3) is 3.05. The van der Waals surface area contributed by atoms with Gasteiger partial charge >= 0.3 is 0 Å². The number of guanidine groups is 1. The minimum absolute atomic E-state index is 0.0630. The highest BCUT2D eigenvalue weighted by molar-refractivity contribution is 5.77. The van der Waals surface area contributed by atoms with E-state index in [0.29, 0.717) is 0 Å². The number of hydrogen-bond acceptors (Lipinski definition) is 1. The van der Waals surface area contributed by atoms with Crippen molar-refractivity contribution in [1.29, 1.82) is 0 Å². The molecular weight excluding hydrogens is 150 g/mol. The molecule has 0 saturated heterocycles. The van der Waals surface area contributed by atoms with Crippen molar-refractivity contribution in [2.24, 2.45) is 16.5 Å². The summed E-state index contributed by atoms with van der Waals surface area (Å²) in [5.41, 5.74) is 12.2. The summed E-state index contributed by atoms with van der Waals surface area (Å²) in [6.45, 7) is 9.22. The summed E-state index contributed by atoms with van der Waals surface area (Å²) in [5, 5.41) is 0. The average Bonchev–Trinajstić information content (AvgIpc) is 2.04. The average molecular weight is 165 g/mol. The zero-order chi connectivity index (χ0) is 9.56. The Morgan fingerprint density at radius 2 is 1.83 bits per heavy atom. The van der Waals surface area contributed by atoms with Gasteiger partial charge in [0.15, 0.2) is 5.96 Å². The molecule has 3 heteroatoms. The van der Waals surface area contributed by atoms with E-state index >= 15 is 0 Å². The summed E-state index contributed by atoms with van der Waals surface area (Å²) in [4.78, 5) is 3.95. The van der Waals surface area contributed by atoms with Gasteiger partial charge in [0.2, 0.25) is 0 Å². The first-order chi connectivity index (χ1) is 5.65. The van der Waals surface area contributed by atoms with Gasteiger partial charge < -0.3 is 11.5 Å². The Kier molecular flexibility index (Phi) is 4.53. The van der Waals surface area contributed by atoms with Gasteiger partial charge in [-0.25, -0.2) is 4.99 Å². The molecular formula is C9H15N3. The number of nitrogens with zero attached hydrogens (tertiary/aromatic N) is 1. The lowest BCUT2D eigenvalue weighted by atomic mass is 10.1. The Morgan fingerprint density at radius 1 is 1.33 bits per heavy atom. The van der Waals surface area contributed by atoms with Gasteiger partial charge in [0.05, 0.1) is 5.70 Å². The van der Waals surface area contributed by atoms with E-state index in [0.717, 1.165) is 17.7 Å². The molecule has 0 aliphatic carbocycles. The molecule has 0 saturated carbocycles. The van der Waals surface area contributed by atoms with Crippen LogP contribution in [0.1, 0.15) is 13.3 Å². The fourth-order valence-corrected chi connectivity index (χ4v) is 0.823. The van der Waals surface area contributed by atoms with Gasteiger partial charge in [-0.1, -0.05) is 32.2 Å². The maximum Gasteiger partial charge on any atom is 0.190 e. The van der Waals surface area contributed by atoms with E-state index < -0.39 is 0 Å². The first kappa shape index (κ1) is 10.5. The Labute approximate surface area is 73.2 Å². The molecule has 0 fully saturated rings. The van der Waals surface area contributed by atoms with Gasteiger partial charge in [0.25, 0.3) is 0 Å². The van der Waals surface area contributed by atoms with Crippen molar-refractivity contribution < 1.29 is 0 Å². The van der Waals surface area contributed by atoms with Crippen molar-refractivity contribution in [3.63, 3.8) is 0 Å². The quantitative estimate of drug-likeness (QED) is 0.374. The Morgan fingerprint density at radius 3 is 2.08 bits per heavy atom. The van der Waals surface area contributed by atoms with Crippen LogP contribution in [0.15, 0.2) is 41.6 Å². The van der Waals surface area contributed by atoms with E-state index in [-0.39, 0.29) is 5.96 Å². The van der Waals surface area contributed by atoms with E-state index in [1.807, 2.05) is 6.92 Å². The van der Waals surface area contributed by atoms with Crippen molar-refractivity contribution >= 4 is 5.96 Å². The number of hydrogen-bond donors (Lipinski definition) is 2. The second-order valence-corrected chi connectivity index (χ2v) is 2.20. The molecule has 0 aromatic heterocycles. The third-order valence-electron chi connectivity index (χ3n) is 1.37. The predicted octanol–water partition coefficient (Wildman–Crippen LogP) is 1.30. The number of allylic oxidation sites excluding steroid dienone is 4. The molecule has 3 nitrogen and oxygen atoms in total. The molecule has 0 aliphatic heterocycles.